The summed E-state index contributed by atoms with van der Waals surface area (Å²) in [4.78, 5) is 16.6. The van der Waals surface area contributed by atoms with Crippen LogP contribution in [0.5, 0.6) is 0 Å². The van der Waals surface area contributed by atoms with Crippen molar-refractivity contribution in [3.63, 3.8) is 0 Å². The summed E-state index contributed by atoms with van der Waals surface area (Å²) in [5.74, 6) is 0.917. The van der Waals surface area contributed by atoms with Crippen molar-refractivity contribution in [2.45, 2.75) is 25.9 Å². The largest absolute Gasteiger partial charge is 0.354 e. The number of para-hydroxylation sites is 2. The molecule has 0 aliphatic carbocycles. The SMILES string of the molecule is Cc1nc2ccccc2n1CCNC(=O)CC(N)c1ccccc1.Cl.Cl. The van der Waals surface area contributed by atoms with E-state index in [0.717, 1.165) is 22.4 Å². The Morgan fingerprint density at radius 1 is 1.12 bits per heavy atom. The average molecular weight is 395 g/mol. The van der Waals surface area contributed by atoms with Gasteiger partial charge in [-0.1, -0.05) is 42.5 Å². The molecule has 3 aromatic rings. The third kappa shape index (κ3) is 5.21. The first-order chi connectivity index (χ1) is 11.6. The Labute approximate surface area is 165 Å². The van der Waals surface area contributed by atoms with E-state index < -0.39 is 0 Å². The van der Waals surface area contributed by atoms with Crippen molar-refractivity contribution < 1.29 is 4.79 Å². The number of rotatable bonds is 6. The van der Waals surface area contributed by atoms with Crippen LogP contribution in [-0.2, 0) is 11.3 Å². The normalized spacial score (nSPS) is 11.3. The van der Waals surface area contributed by atoms with Gasteiger partial charge in [-0.2, -0.15) is 0 Å². The third-order valence-electron chi connectivity index (χ3n) is 4.14. The molecule has 0 saturated heterocycles. The number of nitrogens with zero attached hydrogens (tertiary/aromatic N) is 2. The van der Waals surface area contributed by atoms with E-state index in [1.807, 2.05) is 61.5 Å². The van der Waals surface area contributed by atoms with E-state index in [1.54, 1.807) is 0 Å². The van der Waals surface area contributed by atoms with Gasteiger partial charge in [0.2, 0.25) is 5.91 Å². The van der Waals surface area contributed by atoms with Crippen LogP contribution in [-0.4, -0.2) is 22.0 Å². The maximum absolute atomic E-state index is 12.1. The van der Waals surface area contributed by atoms with Gasteiger partial charge >= 0.3 is 0 Å². The number of benzene rings is 2. The Balaban J connectivity index is 0.00000169. The quantitative estimate of drug-likeness (QED) is 0.672. The van der Waals surface area contributed by atoms with E-state index in [4.69, 9.17) is 5.73 Å². The molecule has 0 fully saturated rings. The first-order valence-electron chi connectivity index (χ1n) is 8.14. The topological polar surface area (TPSA) is 72.9 Å². The first-order valence-corrected chi connectivity index (χ1v) is 8.14. The van der Waals surface area contributed by atoms with Crippen molar-refractivity contribution >= 4 is 41.8 Å². The standard InChI is InChI=1S/C19H22N4O.2ClH/c1-14-22-17-9-5-6-10-18(17)23(14)12-11-21-19(24)13-16(20)15-7-3-2-4-8-15;;/h2-10,16H,11-13,20H2,1H3,(H,21,24);2*1H. The Hall–Kier alpha value is -2.08. The number of nitrogens with one attached hydrogen (secondary N) is 1. The van der Waals surface area contributed by atoms with Gasteiger partial charge in [0.25, 0.3) is 0 Å². The maximum atomic E-state index is 12.1. The number of carbonyl (C=O) groups excluding carboxylic acids is 1. The molecule has 26 heavy (non-hydrogen) atoms. The lowest BCUT2D eigenvalue weighted by Gasteiger charge is -2.13. The molecule has 1 unspecified atom stereocenters. The van der Waals surface area contributed by atoms with Crippen molar-refractivity contribution in [1.29, 1.82) is 0 Å². The predicted octanol–water partition coefficient (Wildman–Crippen LogP) is 3.39. The number of aromatic nitrogens is 2. The molecule has 3 rings (SSSR count). The van der Waals surface area contributed by atoms with Gasteiger partial charge in [-0.05, 0) is 24.6 Å². The lowest BCUT2D eigenvalue weighted by molar-refractivity contribution is -0.121. The summed E-state index contributed by atoms with van der Waals surface area (Å²) in [6, 6.07) is 17.4. The molecule has 0 aliphatic heterocycles. The summed E-state index contributed by atoms with van der Waals surface area (Å²) < 4.78 is 2.12. The van der Waals surface area contributed by atoms with E-state index in [9.17, 15) is 4.79 Å². The van der Waals surface area contributed by atoms with Gasteiger partial charge in [0.1, 0.15) is 5.82 Å². The van der Waals surface area contributed by atoms with Crippen LogP contribution in [0.3, 0.4) is 0 Å². The second kappa shape index (κ2) is 10.2. The Morgan fingerprint density at radius 2 is 1.77 bits per heavy atom. The molecule has 7 heteroatoms. The highest BCUT2D eigenvalue weighted by Crippen LogP contribution is 2.15. The number of fused-ring (bicyclic) bond motifs is 1. The second-order valence-corrected chi connectivity index (χ2v) is 5.87. The second-order valence-electron chi connectivity index (χ2n) is 5.87. The molecule has 0 aliphatic rings. The molecule has 0 radical (unpaired) electrons. The lowest BCUT2D eigenvalue weighted by atomic mass is 10.0. The molecule has 0 bridgehead atoms. The summed E-state index contributed by atoms with van der Waals surface area (Å²) in [6.45, 7) is 3.23. The Bertz CT molecular complexity index is 836. The van der Waals surface area contributed by atoms with Crippen LogP contribution >= 0.6 is 24.8 Å². The molecule has 5 nitrogen and oxygen atoms in total. The lowest BCUT2D eigenvalue weighted by Crippen LogP contribution is -2.30. The zero-order valence-electron chi connectivity index (χ0n) is 14.6. The van der Waals surface area contributed by atoms with Gasteiger partial charge in [0.05, 0.1) is 11.0 Å². The fourth-order valence-electron chi connectivity index (χ4n) is 2.88. The number of hydrogen-bond acceptors (Lipinski definition) is 3. The highest BCUT2D eigenvalue weighted by molar-refractivity contribution is 5.85. The number of nitrogens with two attached hydrogens (primary N) is 1. The van der Waals surface area contributed by atoms with Gasteiger partial charge < -0.3 is 15.6 Å². The van der Waals surface area contributed by atoms with E-state index >= 15 is 0 Å². The molecule has 3 N–H and O–H groups in total. The zero-order valence-corrected chi connectivity index (χ0v) is 16.2. The minimum Gasteiger partial charge on any atom is -0.354 e. The molecule has 1 heterocycles. The van der Waals surface area contributed by atoms with E-state index in [2.05, 4.69) is 14.9 Å². The number of aryl methyl sites for hydroxylation is 1. The average Bonchev–Trinajstić information content (AvgIpc) is 2.91. The van der Waals surface area contributed by atoms with Crippen molar-refractivity contribution in [2.24, 2.45) is 5.73 Å². The number of carbonyl (C=O) groups is 1. The van der Waals surface area contributed by atoms with Crippen molar-refractivity contribution in [3.8, 4) is 0 Å². The van der Waals surface area contributed by atoms with Crippen LogP contribution in [0.1, 0.15) is 23.9 Å². The number of imidazole rings is 1. The molecule has 0 saturated carbocycles. The van der Waals surface area contributed by atoms with Crippen LogP contribution in [0.2, 0.25) is 0 Å². The summed E-state index contributed by atoms with van der Waals surface area (Å²) in [5, 5.41) is 2.95. The molecule has 140 valence electrons. The van der Waals surface area contributed by atoms with E-state index in [0.29, 0.717) is 13.1 Å². The van der Waals surface area contributed by atoms with Crippen LogP contribution in [0.4, 0.5) is 0 Å². The fourth-order valence-corrected chi connectivity index (χ4v) is 2.88. The van der Waals surface area contributed by atoms with Crippen molar-refractivity contribution in [3.05, 3.63) is 66.0 Å². The highest BCUT2D eigenvalue weighted by atomic mass is 35.5. The van der Waals surface area contributed by atoms with Crippen LogP contribution in [0.25, 0.3) is 11.0 Å². The first kappa shape index (κ1) is 22.0. The zero-order chi connectivity index (χ0) is 16.9. The minimum absolute atomic E-state index is 0. The van der Waals surface area contributed by atoms with Crippen LogP contribution < -0.4 is 11.1 Å². The summed E-state index contributed by atoms with van der Waals surface area (Å²) in [5.41, 5.74) is 9.13. The molecule has 1 amide bonds. The maximum Gasteiger partial charge on any atom is 0.221 e. The molecule has 0 spiro atoms. The van der Waals surface area contributed by atoms with Crippen molar-refractivity contribution in [1.82, 2.24) is 14.9 Å². The molecule has 1 atom stereocenters. The van der Waals surface area contributed by atoms with Gasteiger partial charge in [-0.25, -0.2) is 4.98 Å². The van der Waals surface area contributed by atoms with E-state index in [1.165, 1.54) is 0 Å². The summed E-state index contributed by atoms with van der Waals surface area (Å²) in [6.07, 6.45) is 0.285. The van der Waals surface area contributed by atoms with Crippen LogP contribution in [0, 0.1) is 6.92 Å². The monoisotopic (exact) mass is 394 g/mol. The molecular weight excluding hydrogens is 371 g/mol. The van der Waals surface area contributed by atoms with Gasteiger partial charge in [0, 0.05) is 25.6 Å². The number of halogens is 2. The Kier molecular flexibility index (Phi) is 8.58. The van der Waals surface area contributed by atoms with Gasteiger partial charge in [0.15, 0.2) is 0 Å². The van der Waals surface area contributed by atoms with Crippen molar-refractivity contribution in [2.75, 3.05) is 6.54 Å². The fraction of sp³-hybridized carbons (Fsp3) is 0.263. The molecule has 1 aromatic heterocycles. The van der Waals surface area contributed by atoms with Crippen LogP contribution in [0.15, 0.2) is 54.6 Å². The summed E-state index contributed by atoms with van der Waals surface area (Å²) in [7, 11) is 0. The summed E-state index contributed by atoms with van der Waals surface area (Å²) >= 11 is 0. The van der Waals surface area contributed by atoms with Gasteiger partial charge in [-0.3, -0.25) is 4.79 Å². The van der Waals surface area contributed by atoms with Gasteiger partial charge in [-0.15, -0.1) is 24.8 Å². The highest BCUT2D eigenvalue weighted by Gasteiger charge is 2.11. The number of amides is 1. The smallest absolute Gasteiger partial charge is 0.221 e. The third-order valence-corrected chi connectivity index (χ3v) is 4.14. The number of hydrogen-bond donors (Lipinski definition) is 2. The predicted molar refractivity (Wildman–Crippen MR) is 110 cm³/mol. The minimum atomic E-state index is -0.276. The Morgan fingerprint density at radius 3 is 2.50 bits per heavy atom. The molecular formula is C19H24Cl2N4O. The molecule has 2 aromatic carbocycles. The van der Waals surface area contributed by atoms with E-state index in [-0.39, 0.29) is 43.2 Å².